The highest BCUT2D eigenvalue weighted by Crippen LogP contribution is 2.22. The van der Waals surface area contributed by atoms with Gasteiger partial charge in [-0.2, -0.15) is 0 Å². The van der Waals surface area contributed by atoms with Crippen LogP contribution in [0.25, 0.3) is 0 Å². The van der Waals surface area contributed by atoms with E-state index >= 15 is 0 Å². The number of nitrogens with zero attached hydrogens (tertiary/aromatic N) is 1. The molecule has 3 nitrogen and oxygen atoms in total. The molecule has 0 bridgehead atoms. The van der Waals surface area contributed by atoms with Crippen LogP contribution < -0.4 is 10.1 Å². The maximum atomic E-state index is 5.72. The van der Waals surface area contributed by atoms with Gasteiger partial charge in [0.1, 0.15) is 11.5 Å². The molecule has 0 saturated heterocycles. The lowest BCUT2D eigenvalue weighted by atomic mass is 10.1. The molecule has 0 radical (unpaired) electrons. The second-order valence-electron chi connectivity index (χ2n) is 4.32. The van der Waals surface area contributed by atoms with E-state index in [-0.39, 0.29) is 0 Å². The first-order chi connectivity index (χ1) is 8.69. The summed E-state index contributed by atoms with van der Waals surface area (Å²) in [5, 5.41) is 3.21. The highest BCUT2D eigenvalue weighted by molar-refractivity contribution is 5.33. The van der Waals surface area contributed by atoms with E-state index in [1.165, 1.54) is 5.56 Å². The van der Waals surface area contributed by atoms with Gasteiger partial charge in [-0.25, -0.2) is 0 Å². The third-order valence-electron chi connectivity index (χ3n) is 2.93. The van der Waals surface area contributed by atoms with Crippen LogP contribution in [0.1, 0.15) is 24.2 Å². The molecular weight excluding hydrogens is 224 g/mol. The smallest absolute Gasteiger partial charge is 0.145 e. The Bertz CT molecular complexity index is 491. The van der Waals surface area contributed by atoms with Crippen LogP contribution in [-0.2, 0) is 0 Å². The Morgan fingerprint density at radius 1 is 1.06 bits per heavy atom. The van der Waals surface area contributed by atoms with Gasteiger partial charge in [-0.3, -0.25) is 4.98 Å². The van der Waals surface area contributed by atoms with E-state index in [9.17, 15) is 0 Å². The standard InChI is InChI=1S/C15H18N2O/c1-11-4-7-15(10-17-11)18-14-8-5-13(6-9-14)12(2)16-3/h4-10,12,16H,1-3H3. The van der Waals surface area contributed by atoms with Gasteiger partial charge in [-0.15, -0.1) is 0 Å². The van der Waals surface area contributed by atoms with E-state index in [1.807, 2.05) is 38.2 Å². The fourth-order valence-electron chi connectivity index (χ4n) is 1.64. The first-order valence-corrected chi connectivity index (χ1v) is 6.07. The van der Waals surface area contributed by atoms with Gasteiger partial charge in [0.2, 0.25) is 0 Å². The normalized spacial score (nSPS) is 12.2. The van der Waals surface area contributed by atoms with Crippen LogP contribution in [0.4, 0.5) is 0 Å². The molecule has 0 fully saturated rings. The van der Waals surface area contributed by atoms with Gasteiger partial charge in [0, 0.05) is 11.7 Å². The monoisotopic (exact) mass is 242 g/mol. The zero-order valence-corrected chi connectivity index (χ0v) is 11.0. The average molecular weight is 242 g/mol. The van der Waals surface area contributed by atoms with Crippen LogP contribution in [0.15, 0.2) is 42.6 Å². The SMILES string of the molecule is CNC(C)c1ccc(Oc2ccc(C)nc2)cc1. The summed E-state index contributed by atoms with van der Waals surface area (Å²) in [5.41, 5.74) is 2.23. The van der Waals surface area contributed by atoms with Crippen LogP contribution >= 0.6 is 0 Å². The van der Waals surface area contributed by atoms with Crippen molar-refractivity contribution >= 4 is 0 Å². The van der Waals surface area contributed by atoms with Crippen molar-refractivity contribution < 1.29 is 4.74 Å². The Kier molecular flexibility index (Phi) is 3.95. The summed E-state index contributed by atoms with van der Waals surface area (Å²) >= 11 is 0. The molecular formula is C15H18N2O. The molecule has 1 atom stereocenters. The Hall–Kier alpha value is -1.87. The van der Waals surface area contributed by atoms with Gasteiger partial charge in [-0.05, 0) is 50.7 Å². The summed E-state index contributed by atoms with van der Waals surface area (Å²) in [4.78, 5) is 4.20. The van der Waals surface area contributed by atoms with E-state index in [0.717, 1.165) is 17.2 Å². The zero-order valence-electron chi connectivity index (χ0n) is 11.0. The first-order valence-electron chi connectivity index (χ1n) is 6.07. The van der Waals surface area contributed by atoms with Crippen molar-refractivity contribution in [2.24, 2.45) is 0 Å². The molecule has 1 aromatic carbocycles. The molecule has 1 N–H and O–H groups in total. The fraction of sp³-hybridized carbons (Fsp3) is 0.267. The van der Waals surface area contributed by atoms with Gasteiger partial charge in [-0.1, -0.05) is 12.1 Å². The van der Waals surface area contributed by atoms with Crippen molar-refractivity contribution in [2.75, 3.05) is 7.05 Å². The van der Waals surface area contributed by atoms with Crippen LogP contribution in [0.5, 0.6) is 11.5 Å². The van der Waals surface area contributed by atoms with E-state index in [4.69, 9.17) is 4.74 Å². The number of ether oxygens (including phenoxy) is 1. The molecule has 2 aromatic rings. The molecule has 18 heavy (non-hydrogen) atoms. The van der Waals surface area contributed by atoms with Gasteiger partial charge >= 0.3 is 0 Å². The number of benzene rings is 1. The highest BCUT2D eigenvalue weighted by Gasteiger charge is 2.03. The minimum Gasteiger partial charge on any atom is -0.456 e. The third kappa shape index (κ3) is 3.08. The van der Waals surface area contributed by atoms with E-state index < -0.39 is 0 Å². The number of aromatic nitrogens is 1. The van der Waals surface area contributed by atoms with Crippen molar-refractivity contribution in [3.8, 4) is 11.5 Å². The van der Waals surface area contributed by atoms with E-state index in [0.29, 0.717) is 6.04 Å². The molecule has 1 heterocycles. The van der Waals surface area contributed by atoms with Crippen LogP contribution in [0.2, 0.25) is 0 Å². The number of pyridine rings is 1. The number of hydrogen-bond acceptors (Lipinski definition) is 3. The summed E-state index contributed by atoms with van der Waals surface area (Å²) in [5.74, 6) is 1.59. The lowest BCUT2D eigenvalue weighted by molar-refractivity contribution is 0.479. The molecule has 3 heteroatoms. The van der Waals surface area contributed by atoms with E-state index in [2.05, 4.69) is 29.4 Å². The first kappa shape index (κ1) is 12.6. The van der Waals surface area contributed by atoms with Gasteiger partial charge in [0.05, 0.1) is 6.20 Å². The Labute approximate surface area is 108 Å². The molecule has 1 aromatic heterocycles. The third-order valence-corrected chi connectivity index (χ3v) is 2.93. The Morgan fingerprint density at radius 2 is 1.72 bits per heavy atom. The van der Waals surface area contributed by atoms with Gasteiger partial charge < -0.3 is 10.1 Å². The van der Waals surface area contributed by atoms with Crippen molar-refractivity contribution in [2.45, 2.75) is 19.9 Å². The molecule has 0 aliphatic carbocycles. The minimum atomic E-state index is 0.347. The van der Waals surface area contributed by atoms with Gasteiger partial charge in [0.15, 0.2) is 0 Å². The van der Waals surface area contributed by atoms with Crippen LogP contribution in [0.3, 0.4) is 0 Å². The lowest BCUT2D eigenvalue weighted by Crippen LogP contribution is -2.11. The number of hydrogen-bond donors (Lipinski definition) is 1. The summed E-state index contributed by atoms with van der Waals surface area (Å²) in [7, 11) is 1.95. The summed E-state index contributed by atoms with van der Waals surface area (Å²) in [6, 6.07) is 12.3. The van der Waals surface area contributed by atoms with E-state index in [1.54, 1.807) is 6.20 Å². The minimum absolute atomic E-state index is 0.347. The van der Waals surface area contributed by atoms with Crippen LogP contribution in [0, 0.1) is 6.92 Å². The largest absolute Gasteiger partial charge is 0.456 e. The second-order valence-corrected chi connectivity index (χ2v) is 4.32. The molecule has 0 aliphatic heterocycles. The van der Waals surface area contributed by atoms with Crippen LogP contribution in [-0.4, -0.2) is 12.0 Å². The predicted molar refractivity (Wildman–Crippen MR) is 73.0 cm³/mol. The topological polar surface area (TPSA) is 34.1 Å². The Morgan fingerprint density at radius 3 is 2.28 bits per heavy atom. The summed E-state index contributed by atoms with van der Waals surface area (Å²) in [6.45, 7) is 4.08. The Balaban J connectivity index is 2.08. The molecule has 0 saturated carbocycles. The summed E-state index contributed by atoms with van der Waals surface area (Å²) < 4.78 is 5.72. The molecule has 0 aliphatic rings. The molecule has 0 spiro atoms. The number of nitrogens with one attached hydrogen (secondary N) is 1. The maximum Gasteiger partial charge on any atom is 0.145 e. The maximum absolute atomic E-state index is 5.72. The fourth-order valence-corrected chi connectivity index (χ4v) is 1.64. The average Bonchev–Trinajstić information content (AvgIpc) is 2.41. The van der Waals surface area contributed by atoms with Crippen molar-refractivity contribution in [1.82, 2.24) is 10.3 Å². The quantitative estimate of drug-likeness (QED) is 0.891. The highest BCUT2D eigenvalue weighted by atomic mass is 16.5. The van der Waals surface area contributed by atoms with Gasteiger partial charge in [0.25, 0.3) is 0 Å². The summed E-state index contributed by atoms with van der Waals surface area (Å²) in [6.07, 6.45) is 1.74. The molecule has 1 unspecified atom stereocenters. The van der Waals surface area contributed by atoms with Crippen molar-refractivity contribution in [1.29, 1.82) is 0 Å². The lowest BCUT2D eigenvalue weighted by Gasteiger charge is -2.11. The predicted octanol–water partition coefficient (Wildman–Crippen LogP) is 3.46. The van der Waals surface area contributed by atoms with Crippen molar-refractivity contribution in [3.05, 3.63) is 53.9 Å². The second kappa shape index (κ2) is 5.65. The number of aryl methyl sites for hydroxylation is 1. The van der Waals surface area contributed by atoms with Crippen molar-refractivity contribution in [3.63, 3.8) is 0 Å². The molecule has 0 amide bonds. The molecule has 2 rings (SSSR count). The number of rotatable bonds is 4. The zero-order chi connectivity index (χ0) is 13.0. The molecule has 94 valence electrons.